The molecule has 1 aromatic rings. The van der Waals surface area contributed by atoms with Crippen LogP contribution in [0.15, 0.2) is 16.5 Å². The summed E-state index contributed by atoms with van der Waals surface area (Å²) in [5.41, 5.74) is 0. The highest BCUT2D eigenvalue weighted by Crippen LogP contribution is 2.07. The zero-order valence-electron chi connectivity index (χ0n) is 9.64. The monoisotopic (exact) mass is 254 g/mol. The van der Waals surface area contributed by atoms with Gasteiger partial charge in [0.1, 0.15) is 11.9 Å². The summed E-state index contributed by atoms with van der Waals surface area (Å²) in [6, 6.07) is 2.87. The molecule has 1 unspecified atom stereocenters. The third kappa shape index (κ3) is 3.08. The zero-order valence-corrected chi connectivity index (χ0v) is 9.64. The summed E-state index contributed by atoms with van der Waals surface area (Å²) < 4.78 is 10.3. The van der Waals surface area contributed by atoms with Crippen LogP contribution in [-0.4, -0.2) is 42.8 Å². The van der Waals surface area contributed by atoms with Crippen molar-refractivity contribution < 1.29 is 23.8 Å². The van der Waals surface area contributed by atoms with Crippen LogP contribution in [0.2, 0.25) is 0 Å². The van der Waals surface area contributed by atoms with E-state index in [1.165, 1.54) is 12.1 Å². The second-order valence-corrected chi connectivity index (χ2v) is 3.85. The van der Waals surface area contributed by atoms with Crippen LogP contribution in [0.1, 0.15) is 16.3 Å². The number of morpholine rings is 1. The van der Waals surface area contributed by atoms with Gasteiger partial charge in [0.25, 0.3) is 5.91 Å². The van der Waals surface area contributed by atoms with E-state index in [0.717, 1.165) is 6.54 Å². The molecule has 0 bridgehead atoms. The number of carbonyl (C=O) groups excluding carboxylic acids is 1. The number of amides is 1. The maximum absolute atomic E-state index is 11.7. The molecule has 2 heterocycles. The number of carboxylic acids is 1. The van der Waals surface area contributed by atoms with Crippen molar-refractivity contribution in [3.63, 3.8) is 0 Å². The van der Waals surface area contributed by atoms with E-state index in [1.807, 2.05) is 0 Å². The van der Waals surface area contributed by atoms with Crippen molar-refractivity contribution in [3.8, 4) is 0 Å². The van der Waals surface area contributed by atoms with Gasteiger partial charge in [-0.15, -0.1) is 0 Å². The van der Waals surface area contributed by atoms with Crippen LogP contribution in [0.25, 0.3) is 0 Å². The third-order valence-corrected chi connectivity index (χ3v) is 2.53. The number of furan rings is 1. The van der Waals surface area contributed by atoms with Crippen LogP contribution in [0.5, 0.6) is 0 Å². The highest BCUT2D eigenvalue weighted by atomic mass is 16.5. The summed E-state index contributed by atoms with van der Waals surface area (Å²) in [6.45, 7) is 1.86. The molecule has 7 heteroatoms. The number of nitrogens with one attached hydrogen (secondary N) is 2. The van der Waals surface area contributed by atoms with E-state index in [1.54, 1.807) is 0 Å². The Morgan fingerprint density at radius 2 is 2.33 bits per heavy atom. The summed E-state index contributed by atoms with van der Waals surface area (Å²) >= 11 is 0. The molecule has 1 amide bonds. The first-order valence-electron chi connectivity index (χ1n) is 5.59. The van der Waals surface area contributed by atoms with Gasteiger partial charge >= 0.3 is 5.97 Å². The molecule has 3 N–H and O–H groups in total. The van der Waals surface area contributed by atoms with Crippen molar-refractivity contribution in [2.45, 2.75) is 12.6 Å². The molecule has 1 atom stereocenters. The van der Waals surface area contributed by atoms with Crippen LogP contribution in [0.3, 0.4) is 0 Å². The van der Waals surface area contributed by atoms with Crippen LogP contribution in [-0.2, 0) is 16.1 Å². The SMILES string of the molecule is O=C(O)c1ccc(CNC(=O)C2CNCCO2)o1. The minimum atomic E-state index is -1.13. The Balaban J connectivity index is 1.82. The van der Waals surface area contributed by atoms with E-state index in [-0.39, 0.29) is 18.2 Å². The summed E-state index contributed by atoms with van der Waals surface area (Å²) in [4.78, 5) is 22.3. The highest BCUT2D eigenvalue weighted by molar-refractivity contribution is 5.84. The first kappa shape index (κ1) is 12.6. The number of carboxylic acid groups (broad SMARTS) is 1. The van der Waals surface area contributed by atoms with Gasteiger partial charge in [-0.05, 0) is 12.1 Å². The first-order chi connectivity index (χ1) is 8.66. The Labute approximate surface area is 103 Å². The van der Waals surface area contributed by atoms with E-state index in [2.05, 4.69) is 10.6 Å². The Bertz CT molecular complexity index is 436. The maximum Gasteiger partial charge on any atom is 0.371 e. The van der Waals surface area contributed by atoms with Gasteiger partial charge in [0, 0.05) is 13.1 Å². The predicted molar refractivity (Wildman–Crippen MR) is 60.1 cm³/mol. The molecule has 0 saturated carbocycles. The van der Waals surface area contributed by atoms with Gasteiger partial charge in [-0.25, -0.2) is 4.79 Å². The lowest BCUT2D eigenvalue weighted by Gasteiger charge is -2.22. The van der Waals surface area contributed by atoms with Gasteiger partial charge in [0.15, 0.2) is 0 Å². The minimum Gasteiger partial charge on any atom is -0.475 e. The Morgan fingerprint density at radius 3 is 2.94 bits per heavy atom. The number of hydrogen-bond acceptors (Lipinski definition) is 5. The fraction of sp³-hybridized carbons (Fsp3) is 0.455. The third-order valence-electron chi connectivity index (χ3n) is 2.53. The number of hydrogen-bond donors (Lipinski definition) is 3. The van der Waals surface area contributed by atoms with Crippen LogP contribution in [0, 0.1) is 0 Å². The Hall–Kier alpha value is -1.86. The molecule has 0 spiro atoms. The molecule has 7 nitrogen and oxygen atoms in total. The van der Waals surface area contributed by atoms with Crippen molar-refractivity contribution in [3.05, 3.63) is 23.7 Å². The standard InChI is InChI=1S/C11H14N2O5/c14-10(9-6-12-3-4-17-9)13-5-7-1-2-8(18-7)11(15)16/h1-2,9,12H,3-6H2,(H,13,14)(H,15,16). The van der Waals surface area contributed by atoms with Crippen molar-refractivity contribution in [1.82, 2.24) is 10.6 Å². The van der Waals surface area contributed by atoms with E-state index in [0.29, 0.717) is 18.9 Å². The van der Waals surface area contributed by atoms with E-state index < -0.39 is 12.1 Å². The molecule has 1 aliphatic heterocycles. The molecule has 0 aromatic carbocycles. The summed E-state index contributed by atoms with van der Waals surface area (Å²) in [5.74, 6) is -1.12. The molecule has 0 radical (unpaired) electrons. The quantitative estimate of drug-likeness (QED) is 0.675. The fourth-order valence-electron chi connectivity index (χ4n) is 1.61. The summed E-state index contributed by atoms with van der Waals surface area (Å²) in [6.07, 6.45) is -0.507. The first-order valence-corrected chi connectivity index (χ1v) is 5.59. The van der Waals surface area contributed by atoms with Crippen LogP contribution >= 0.6 is 0 Å². The van der Waals surface area contributed by atoms with Crippen molar-refractivity contribution in [2.24, 2.45) is 0 Å². The molecule has 1 fully saturated rings. The van der Waals surface area contributed by atoms with Crippen LogP contribution < -0.4 is 10.6 Å². The van der Waals surface area contributed by atoms with Crippen molar-refractivity contribution >= 4 is 11.9 Å². The fourth-order valence-corrected chi connectivity index (χ4v) is 1.61. The van der Waals surface area contributed by atoms with Gasteiger partial charge < -0.3 is 24.9 Å². The van der Waals surface area contributed by atoms with E-state index in [4.69, 9.17) is 14.3 Å². The smallest absolute Gasteiger partial charge is 0.371 e. The summed E-state index contributed by atoms with van der Waals surface area (Å²) in [7, 11) is 0. The topological polar surface area (TPSA) is 101 Å². The molecular weight excluding hydrogens is 240 g/mol. The zero-order chi connectivity index (χ0) is 13.0. The molecule has 1 saturated heterocycles. The van der Waals surface area contributed by atoms with Gasteiger partial charge in [-0.2, -0.15) is 0 Å². The number of rotatable bonds is 4. The average molecular weight is 254 g/mol. The Kier molecular flexibility index (Phi) is 3.96. The van der Waals surface area contributed by atoms with E-state index >= 15 is 0 Å². The lowest BCUT2D eigenvalue weighted by atomic mass is 10.3. The van der Waals surface area contributed by atoms with Gasteiger partial charge in [0.2, 0.25) is 5.76 Å². The van der Waals surface area contributed by atoms with Gasteiger partial charge in [-0.1, -0.05) is 0 Å². The molecular formula is C11H14N2O5. The van der Waals surface area contributed by atoms with Crippen molar-refractivity contribution in [1.29, 1.82) is 0 Å². The minimum absolute atomic E-state index is 0.144. The Morgan fingerprint density at radius 1 is 1.50 bits per heavy atom. The maximum atomic E-state index is 11.7. The highest BCUT2D eigenvalue weighted by Gasteiger charge is 2.21. The molecule has 1 aromatic heterocycles. The number of ether oxygens (including phenoxy) is 1. The van der Waals surface area contributed by atoms with Crippen LogP contribution in [0.4, 0.5) is 0 Å². The average Bonchev–Trinajstić information content (AvgIpc) is 2.86. The second kappa shape index (κ2) is 5.65. The molecule has 2 rings (SSSR count). The van der Waals surface area contributed by atoms with Gasteiger partial charge in [0.05, 0.1) is 13.2 Å². The lowest BCUT2D eigenvalue weighted by Crippen LogP contribution is -2.47. The lowest BCUT2D eigenvalue weighted by molar-refractivity contribution is -0.134. The number of carbonyl (C=O) groups is 2. The van der Waals surface area contributed by atoms with Crippen molar-refractivity contribution in [2.75, 3.05) is 19.7 Å². The largest absolute Gasteiger partial charge is 0.475 e. The molecule has 18 heavy (non-hydrogen) atoms. The second-order valence-electron chi connectivity index (χ2n) is 3.85. The summed E-state index contributed by atoms with van der Waals surface area (Å²) in [5, 5.41) is 14.3. The van der Waals surface area contributed by atoms with Gasteiger partial charge in [-0.3, -0.25) is 4.79 Å². The van der Waals surface area contributed by atoms with E-state index in [9.17, 15) is 9.59 Å². The molecule has 98 valence electrons. The predicted octanol–water partition coefficient (Wildman–Crippen LogP) is -0.418. The normalized spacial score (nSPS) is 19.4. The number of aromatic carboxylic acids is 1. The molecule has 0 aliphatic carbocycles. The molecule has 1 aliphatic rings.